The molecule has 1 aromatic rings. The molecule has 0 spiro atoms. The van der Waals surface area contributed by atoms with Crippen LogP contribution in [0, 0.1) is 13.8 Å². The molecule has 6 nitrogen and oxygen atoms in total. The maximum absolute atomic E-state index is 12.2. The second-order valence-corrected chi connectivity index (χ2v) is 6.93. The van der Waals surface area contributed by atoms with Gasteiger partial charge < -0.3 is 14.5 Å². The van der Waals surface area contributed by atoms with Gasteiger partial charge in [-0.05, 0) is 47.1 Å². The molecule has 2 heterocycles. The Balaban J connectivity index is 2.01. The first-order valence-electron chi connectivity index (χ1n) is 7.69. The summed E-state index contributed by atoms with van der Waals surface area (Å²) in [5.74, 6) is 0.748. The number of ether oxygens (including phenoxy) is 1. The van der Waals surface area contributed by atoms with Crippen molar-refractivity contribution in [2.45, 2.75) is 52.7 Å². The summed E-state index contributed by atoms with van der Waals surface area (Å²) < 4.78 is 5.43. The maximum Gasteiger partial charge on any atom is 0.410 e. The van der Waals surface area contributed by atoms with Crippen LogP contribution in [0.4, 0.5) is 10.7 Å². The number of hydrogen-bond donors (Lipinski definition) is 0. The normalized spacial score (nSPS) is 18.5. The predicted octanol–water partition coefficient (Wildman–Crippen LogP) is 2.54. The number of aromatic nitrogens is 2. The van der Waals surface area contributed by atoms with Crippen LogP contribution in [-0.2, 0) is 4.74 Å². The van der Waals surface area contributed by atoms with Gasteiger partial charge in [0.1, 0.15) is 5.60 Å². The Labute approximate surface area is 132 Å². The van der Waals surface area contributed by atoms with E-state index in [1.807, 2.05) is 40.7 Å². The maximum atomic E-state index is 12.2. The summed E-state index contributed by atoms with van der Waals surface area (Å²) in [5, 5.41) is 0. The zero-order valence-electron chi connectivity index (χ0n) is 14.4. The number of aryl methyl sites for hydroxylation is 2. The van der Waals surface area contributed by atoms with Crippen LogP contribution >= 0.6 is 0 Å². The lowest BCUT2D eigenvalue weighted by atomic mass is 10.2. The molecule has 22 heavy (non-hydrogen) atoms. The summed E-state index contributed by atoms with van der Waals surface area (Å²) in [5.41, 5.74) is 1.46. The smallest absolute Gasteiger partial charge is 0.410 e. The van der Waals surface area contributed by atoms with Crippen LogP contribution in [-0.4, -0.2) is 52.7 Å². The molecule has 0 aromatic carbocycles. The fourth-order valence-electron chi connectivity index (χ4n) is 2.57. The predicted molar refractivity (Wildman–Crippen MR) is 86.1 cm³/mol. The number of hydrogen-bond acceptors (Lipinski definition) is 5. The van der Waals surface area contributed by atoms with Gasteiger partial charge in [-0.15, -0.1) is 0 Å². The van der Waals surface area contributed by atoms with Gasteiger partial charge in [0, 0.05) is 31.5 Å². The second-order valence-electron chi connectivity index (χ2n) is 6.93. The second kappa shape index (κ2) is 6.10. The van der Waals surface area contributed by atoms with Gasteiger partial charge in [0.2, 0.25) is 5.95 Å². The molecule has 1 aromatic heterocycles. The van der Waals surface area contributed by atoms with Crippen molar-refractivity contribution in [1.29, 1.82) is 0 Å². The van der Waals surface area contributed by atoms with Crippen LogP contribution in [0.15, 0.2) is 6.07 Å². The molecule has 1 amide bonds. The van der Waals surface area contributed by atoms with Gasteiger partial charge in [-0.3, -0.25) is 0 Å². The van der Waals surface area contributed by atoms with Crippen molar-refractivity contribution in [3.05, 3.63) is 17.5 Å². The van der Waals surface area contributed by atoms with Gasteiger partial charge in [0.15, 0.2) is 0 Å². The van der Waals surface area contributed by atoms with Crippen LogP contribution in [0.25, 0.3) is 0 Å². The van der Waals surface area contributed by atoms with Crippen LogP contribution in [0.1, 0.15) is 38.6 Å². The summed E-state index contributed by atoms with van der Waals surface area (Å²) in [6.45, 7) is 11.2. The SMILES string of the molecule is Cc1cc(C)nc(N2CC[C@H](N(C)C(=O)OC(C)(C)C)C2)n1. The quantitative estimate of drug-likeness (QED) is 0.840. The highest BCUT2D eigenvalue weighted by atomic mass is 16.6. The van der Waals surface area contributed by atoms with Crippen molar-refractivity contribution < 1.29 is 9.53 Å². The third-order valence-electron chi connectivity index (χ3n) is 3.65. The lowest BCUT2D eigenvalue weighted by Gasteiger charge is -2.28. The number of nitrogens with zero attached hydrogens (tertiary/aromatic N) is 4. The number of carbonyl (C=O) groups excluding carboxylic acids is 1. The third-order valence-corrected chi connectivity index (χ3v) is 3.65. The Hall–Kier alpha value is -1.85. The zero-order chi connectivity index (χ0) is 16.5. The highest BCUT2D eigenvalue weighted by molar-refractivity contribution is 5.68. The Morgan fingerprint density at radius 1 is 1.32 bits per heavy atom. The van der Waals surface area contributed by atoms with Crippen molar-refractivity contribution in [3.8, 4) is 0 Å². The molecule has 0 radical (unpaired) electrons. The van der Waals surface area contributed by atoms with Crippen LogP contribution in [0.3, 0.4) is 0 Å². The largest absolute Gasteiger partial charge is 0.444 e. The fraction of sp³-hybridized carbons (Fsp3) is 0.688. The highest BCUT2D eigenvalue weighted by Crippen LogP contribution is 2.21. The number of likely N-dealkylation sites (N-methyl/N-ethyl adjacent to an activating group) is 1. The minimum atomic E-state index is -0.472. The molecular weight excluding hydrogens is 280 g/mol. The minimum Gasteiger partial charge on any atom is -0.444 e. The summed E-state index contributed by atoms with van der Waals surface area (Å²) in [7, 11) is 1.80. The first kappa shape index (κ1) is 16.5. The van der Waals surface area contributed by atoms with Crippen molar-refractivity contribution in [2.75, 3.05) is 25.0 Å². The average molecular weight is 306 g/mol. The topological polar surface area (TPSA) is 58.6 Å². The number of rotatable bonds is 2. The Morgan fingerprint density at radius 2 is 1.91 bits per heavy atom. The number of anilines is 1. The summed E-state index contributed by atoms with van der Waals surface area (Å²) in [6, 6.07) is 2.09. The molecule has 1 saturated heterocycles. The number of carbonyl (C=O) groups is 1. The lowest BCUT2D eigenvalue weighted by Crippen LogP contribution is -2.42. The summed E-state index contributed by atoms with van der Waals surface area (Å²) >= 11 is 0. The van der Waals surface area contributed by atoms with E-state index in [4.69, 9.17) is 4.74 Å². The molecule has 122 valence electrons. The molecule has 0 aliphatic carbocycles. The van der Waals surface area contributed by atoms with Gasteiger partial charge in [0.05, 0.1) is 6.04 Å². The van der Waals surface area contributed by atoms with Crippen molar-refractivity contribution >= 4 is 12.0 Å². The molecule has 2 rings (SSSR count). The van der Waals surface area contributed by atoms with E-state index in [0.717, 1.165) is 36.8 Å². The summed E-state index contributed by atoms with van der Waals surface area (Å²) in [4.78, 5) is 25.0. The molecule has 6 heteroatoms. The van der Waals surface area contributed by atoms with Crippen LogP contribution < -0.4 is 4.90 Å². The molecular formula is C16H26N4O2. The van der Waals surface area contributed by atoms with Crippen molar-refractivity contribution in [2.24, 2.45) is 0 Å². The Bertz CT molecular complexity index is 533. The van der Waals surface area contributed by atoms with E-state index >= 15 is 0 Å². The molecule has 1 atom stereocenters. The lowest BCUT2D eigenvalue weighted by molar-refractivity contribution is 0.0238. The van der Waals surface area contributed by atoms with Crippen molar-refractivity contribution in [1.82, 2.24) is 14.9 Å². The van der Waals surface area contributed by atoms with Crippen LogP contribution in [0.5, 0.6) is 0 Å². The third kappa shape index (κ3) is 4.08. The van der Waals surface area contributed by atoms with E-state index in [9.17, 15) is 4.79 Å². The minimum absolute atomic E-state index is 0.124. The van der Waals surface area contributed by atoms with E-state index < -0.39 is 5.60 Å². The van der Waals surface area contributed by atoms with Gasteiger partial charge >= 0.3 is 6.09 Å². The molecule has 0 N–H and O–H groups in total. The number of amides is 1. The molecule has 1 fully saturated rings. The van der Waals surface area contributed by atoms with E-state index in [0.29, 0.717) is 0 Å². The summed E-state index contributed by atoms with van der Waals surface area (Å²) in [6.07, 6.45) is 0.618. The molecule has 1 aliphatic rings. The fourth-order valence-corrected chi connectivity index (χ4v) is 2.57. The van der Waals surface area contributed by atoms with Gasteiger partial charge in [-0.2, -0.15) is 0 Å². The van der Waals surface area contributed by atoms with Gasteiger partial charge in [0.25, 0.3) is 0 Å². The van der Waals surface area contributed by atoms with E-state index in [1.54, 1.807) is 11.9 Å². The Kier molecular flexibility index (Phi) is 4.58. The van der Waals surface area contributed by atoms with Gasteiger partial charge in [-0.25, -0.2) is 14.8 Å². The standard InChI is InChI=1S/C16H26N4O2/c1-11-9-12(2)18-14(17-11)20-8-7-13(10-20)19(6)15(21)22-16(3,4)5/h9,13H,7-8,10H2,1-6H3/t13-/m0/s1. The van der Waals surface area contributed by atoms with Crippen LogP contribution in [0.2, 0.25) is 0 Å². The first-order valence-corrected chi connectivity index (χ1v) is 7.69. The van der Waals surface area contributed by atoms with Gasteiger partial charge in [-0.1, -0.05) is 0 Å². The molecule has 1 aliphatic heterocycles. The van der Waals surface area contributed by atoms with Crippen molar-refractivity contribution in [3.63, 3.8) is 0 Å². The molecule has 0 saturated carbocycles. The average Bonchev–Trinajstić information content (AvgIpc) is 2.84. The first-order chi connectivity index (χ1) is 10.2. The van der Waals surface area contributed by atoms with E-state index in [-0.39, 0.29) is 12.1 Å². The zero-order valence-corrected chi connectivity index (χ0v) is 14.4. The Morgan fingerprint density at radius 3 is 2.45 bits per heavy atom. The molecule has 0 unspecified atom stereocenters. The van der Waals surface area contributed by atoms with E-state index in [1.165, 1.54) is 0 Å². The molecule has 0 bridgehead atoms. The monoisotopic (exact) mass is 306 g/mol. The highest BCUT2D eigenvalue weighted by Gasteiger charge is 2.32. The van der Waals surface area contributed by atoms with E-state index in [2.05, 4.69) is 14.9 Å².